The normalized spacial score (nSPS) is 25.8. The highest BCUT2D eigenvalue weighted by Gasteiger charge is 2.26. The number of rotatable bonds is 4. The third kappa shape index (κ3) is 3.58. The zero-order chi connectivity index (χ0) is 13.0. The summed E-state index contributed by atoms with van der Waals surface area (Å²) in [5.74, 6) is 0.652. The summed E-state index contributed by atoms with van der Waals surface area (Å²) in [4.78, 5) is 13.1. The van der Waals surface area contributed by atoms with Gasteiger partial charge in [0.25, 0.3) is 0 Å². The van der Waals surface area contributed by atoms with Crippen molar-refractivity contribution >= 4 is 5.97 Å². The SMILES string of the molecule is CC1CNCC(CC(=O)O)N(Cc2ccco2)C1. The van der Waals surface area contributed by atoms with Crippen LogP contribution in [0, 0.1) is 5.92 Å². The van der Waals surface area contributed by atoms with Crippen molar-refractivity contribution in [3.8, 4) is 0 Å². The van der Waals surface area contributed by atoms with Crippen LogP contribution in [0.5, 0.6) is 0 Å². The van der Waals surface area contributed by atoms with Crippen LogP contribution in [0.1, 0.15) is 19.1 Å². The van der Waals surface area contributed by atoms with Gasteiger partial charge in [-0.25, -0.2) is 0 Å². The minimum Gasteiger partial charge on any atom is -0.481 e. The number of nitrogens with zero attached hydrogens (tertiary/aromatic N) is 1. The molecule has 1 saturated heterocycles. The molecule has 0 aliphatic carbocycles. The fourth-order valence-electron chi connectivity index (χ4n) is 2.44. The minimum atomic E-state index is -0.749. The molecule has 2 rings (SSSR count). The van der Waals surface area contributed by atoms with Crippen LogP contribution in [0.3, 0.4) is 0 Å². The summed E-state index contributed by atoms with van der Waals surface area (Å²) in [6, 6.07) is 3.82. The number of carbonyl (C=O) groups is 1. The Labute approximate surface area is 107 Å². The second kappa shape index (κ2) is 6.02. The first-order chi connectivity index (χ1) is 8.65. The van der Waals surface area contributed by atoms with E-state index < -0.39 is 5.97 Å². The van der Waals surface area contributed by atoms with Gasteiger partial charge in [0.15, 0.2) is 0 Å². The van der Waals surface area contributed by atoms with Gasteiger partial charge in [-0.15, -0.1) is 0 Å². The number of hydrogen-bond acceptors (Lipinski definition) is 4. The third-order valence-corrected chi connectivity index (χ3v) is 3.28. The van der Waals surface area contributed by atoms with Crippen LogP contribution in [0.15, 0.2) is 22.8 Å². The Kier molecular flexibility index (Phi) is 4.38. The van der Waals surface area contributed by atoms with E-state index in [0.717, 1.165) is 25.4 Å². The van der Waals surface area contributed by atoms with Crippen LogP contribution >= 0.6 is 0 Å². The molecule has 2 N–H and O–H groups in total. The van der Waals surface area contributed by atoms with Gasteiger partial charge in [-0.2, -0.15) is 0 Å². The lowest BCUT2D eigenvalue weighted by Crippen LogP contribution is -2.41. The molecule has 1 aromatic heterocycles. The van der Waals surface area contributed by atoms with Crippen LogP contribution in [0.4, 0.5) is 0 Å². The van der Waals surface area contributed by atoms with E-state index in [4.69, 9.17) is 9.52 Å². The number of carboxylic acids is 1. The molecule has 100 valence electrons. The van der Waals surface area contributed by atoms with E-state index in [0.29, 0.717) is 12.5 Å². The summed E-state index contributed by atoms with van der Waals surface area (Å²) in [5.41, 5.74) is 0. The van der Waals surface area contributed by atoms with Crippen molar-refractivity contribution < 1.29 is 14.3 Å². The second-order valence-corrected chi connectivity index (χ2v) is 5.02. The van der Waals surface area contributed by atoms with Gasteiger partial charge in [-0.3, -0.25) is 9.69 Å². The molecule has 5 heteroatoms. The summed E-state index contributed by atoms with van der Waals surface area (Å²) in [6.45, 7) is 5.40. The second-order valence-electron chi connectivity index (χ2n) is 5.02. The average Bonchev–Trinajstić information content (AvgIpc) is 2.73. The molecule has 2 atom stereocenters. The monoisotopic (exact) mass is 252 g/mol. The Bertz CT molecular complexity index is 378. The van der Waals surface area contributed by atoms with Crippen LogP contribution in [-0.2, 0) is 11.3 Å². The van der Waals surface area contributed by atoms with Gasteiger partial charge >= 0.3 is 5.97 Å². The maximum atomic E-state index is 10.9. The van der Waals surface area contributed by atoms with Crippen molar-refractivity contribution in [3.63, 3.8) is 0 Å². The largest absolute Gasteiger partial charge is 0.481 e. The van der Waals surface area contributed by atoms with Crippen LogP contribution in [0.2, 0.25) is 0 Å². The predicted octanol–water partition coefficient (Wildman–Crippen LogP) is 1.16. The maximum Gasteiger partial charge on any atom is 0.304 e. The zero-order valence-electron chi connectivity index (χ0n) is 10.6. The standard InChI is InChI=1S/C13H20N2O3/c1-10-6-14-7-11(5-13(16)17)15(8-10)9-12-3-2-4-18-12/h2-4,10-11,14H,5-9H2,1H3,(H,16,17). The lowest BCUT2D eigenvalue weighted by Gasteiger charge is -2.28. The van der Waals surface area contributed by atoms with Gasteiger partial charge in [0, 0.05) is 19.1 Å². The van der Waals surface area contributed by atoms with Crippen LogP contribution in [-0.4, -0.2) is 41.7 Å². The number of aliphatic carboxylic acids is 1. The first-order valence-corrected chi connectivity index (χ1v) is 6.34. The predicted molar refractivity (Wildman–Crippen MR) is 67.2 cm³/mol. The Morgan fingerprint density at radius 3 is 3.11 bits per heavy atom. The molecule has 2 heterocycles. The zero-order valence-corrected chi connectivity index (χ0v) is 10.6. The van der Waals surface area contributed by atoms with E-state index in [1.807, 2.05) is 12.1 Å². The third-order valence-electron chi connectivity index (χ3n) is 3.28. The highest BCUT2D eigenvalue weighted by atomic mass is 16.4. The van der Waals surface area contributed by atoms with Gasteiger partial charge in [0.05, 0.1) is 19.2 Å². The first-order valence-electron chi connectivity index (χ1n) is 6.34. The van der Waals surface area contributed by atoms with Crippen molar-refractivity contribution in [1.82, 2.24) is 10.2 Å². The quantitative estimate of drug-likeness (QED) is 0.842. The summed E-state index contributed by atoms with van der Waals surface area (Å²) >= 11 is 0. The fourth-order valence-corrected chi connectivity index (χ4v) is 2.44. The number of carboxylic acid groups (broad SMARTS) is 1. The Hall–Kier alpha value is -1.33. The van der Waals surface area contributed by atoms with E-state index in [1.165, 1.54) is 0 Å². The van der Waals surface area contributed by atoms with Crippen molar-refractivity contribution in [2.45, 2.75) is 25.9 Å². The van der Waals surface area contributed by atoms with Crippen molar-refractivity contribution in [1.29, 1.82) is 0 Å². The van der Waals surface area contributed by atoms with Crippen LogP contribution in [0.25, 0.3) is 0 Å². The molecule has 0 saturated carbocycles. The number of nitrogens with one attached hydrogen (secondary N) is 1. The Morgan fingerprint density at radius 2 is 2.44 bits per heavy atom. The van der Waals surface area contributed by atoms with Crippen molar-refractivity contribution in [2.75, 3.05) is 19.6 Å². The number of furan rings is 1. The van der Waals surface area contributed by atoms with E-state index in [9.17, 15) is 4.79 Å². The fraction of sp³-hybridized carbons (Fsp3) is 0.615. The van der Waals surface area contributed by atoms with E-state index >= 15 is 0 Å². The molecule has 0 aromatic carbocycles. The van der Waals surface area contributed by atoms with E-state index in [1.54, 1.807) is 6.26 Å². The summed E-state index contributed by atoms with van der Waals surface area (Å²) in [6.07, 6.45) is 1.82. The molecular formula is C13H20N2O3. The molecule has 0 bridgehead atoms. The molecular weight excluding hydrogens is 232 g/mol. The Balaban J connectivity index is 2.05. The van der Waals surface area contributed by atoms with E-state index in [-0.39, 0.29) is 12.5 Å². The van der Waals surface area contributed by atoms with Gasteiger partial charge in [0.2, 0.25) is 0 Å². The molecule has 0 amide bonds. The molecule has 5 nitrogen and oxygen atoms in total. The molecule has 2 unspecified atom stereocenters. The molecule has 1 aliphatic heterocycles. The summed E-state index contributed by atoms with van der Waals surface area (Å²) in [5, 5.41) is 12.3. The highest BCUT2D eigenvalue weighted by molar-refractivity contribution is 5.67. The number of hydrogen-bond donors (Lipinski definition) is 2. The molecule has 0 radical (unpaired) electrons. The minimum absolute atomic E-state index is 0.0255. The molecule has 0 spiro atoms. The molecule has 1 aromatic rings. The topological polar surface area (TPSA) is 65.7 Å². The smallest absolute Gasteiger partial charge is 0.304 e. The average molecular weight is 252 g/mol. The van der Waals surface area contributed by atoms with Gasteiger partial charge in [-0.05, 0) is 24.6 Å². The maximum absolute atomic E-state index is 10.9. The van der Waals surface area contributed by atoms with Gasteiger partial charge in [-0.1, -0.05) is 6.92 Å². The van der Waals surface area contributed by atoms with E-state index in [2.05, 4.69) is 17.1 Å². The summed E-state index contributed by atoms with van der Waals surface area (Å²) < 4.78 is 5.36. The van der Waals surface area contributed by atoms with Crippen LogP contribution < -0.4 is 5.32 Å². The Morgan fingerprint density at radius 1 is 1.61 bits per heavy atom. The molecule has 1 aliphatic rings. The lowest BCUT2D eigenvalue weighted by atomic mass is 10.1. The van der Waals surface area contributed by atoms with Gasteiger partial charge < -0.3 is 14.8 Å². The highest BCUT2D eigenvalue weighted by Crippen LogP contribution is 2.16. The van der Waals surface area contributed by atoms with Crippen molar-refractivity contribution in [2.24, 2.45) is 5.92 Å². The van der Waals surface area contributed by atoms with Crippen molar-refractivity contribution in [3.05, 3.63) is 24.2 Å². The van der Waals surface area contributed by atoms with Gasteiger partial charge in [0.1, 0.15) is 5.76 Å². The lowest BCUT2D eigenvalue weighted by molar-refractivity contribution is -0.138. The first kappa shape index (κ1) is 13.1. The molecule has 18 heavy (non-hydrogen) atoms. The summed E-state index contributed by atoms with van der Waals surface area (Å²) in [7, 11) is 0. The molecule has 1 fully saturated rings.